The van der Waals surface area contributed by atoms with Crippen LogP contribution in [0.1, 0.15) is 0 Å². The Hall–Kier alpha value is -8.93. The number of furan rings is 1. The summed E-state index contributed by atoms with van der Waals surface area (Å²) in [5.41, 5.74) is 14.8. The van der Waals surface area contributed by atoms with E-state index in [1.54, 1.807) is 0 Å². The first kappa shape index (κ1) is 36.5. The third-order valence-electron chi connectivity index (χ3n) is 13.5. The standard InChI is InChI=1S/C61H38N4O/c1-3-15-40(16-4-1)64-54-24-12-8-19-45(54)51-37-43(31-35-56(51)64)63(44-32-36-57-52(38-44)46-20-9-13-25-55(46)65(57)41-17-5-2-6-18-41)42-29-27-39(28-30-42)60-50-34-33-48-47-21-10-14-26-58(47)66-61(48)59(50)49-22-7-11-23-53(49)62-60/h1-38H. The number of benzene rings is 10. The second-order valence-electron chi connectivity index (χ2n) is 17.1. The van der Waals surface area contributed by atoms with Gasteiger partial charge in [0, 0.05) is 82.5 Å². The molecular formula is C61H38N4O. The maximum Gasteiger partial charge on any atom is 0.144 e. The Bertz CT molecular complexity index is 4060. The predicted octanol–water partition coefficient (Wildman–Crippen LogP) is 16.6. The fourth-order valence-electron chi connectivity index (χ4n) is 10.6. The number of hydrogen-bond donors (Lipinski definition) is 0. The first-order valence-electron chi connectivity index (χ1n) is 22.5. The van der Waals surface area contributed by atoms with Crippen molar-refractivity contribution in [2.75, 3.05) is 4.90 Å². The maximum absolute atomic E-state index is 6.64. The molecule has 5 nitrogen and oxygen atoms in total. The Balaban J connectivity index is 0.982. The van der Waals surface area contributed by atoms with Crippen LogP contribution in [0.2, 0.25) is 0 Å². The second kappa shape index (κ2) is 14.3. The number of aromatic nitrogens is 3. The third-order valence-corrected chi connectivity index (χ3v) is 13.5. The number of rotatable bonds is 6. The summed E-state index contributed by atoms with van der Waals surface area (Å²) in [4.78, 5) is 7.74. The van der Waals surface area contributed by atoms with Gasteiger partial charge in [0.15, 0.2) is 0 Å². The Kier molecular flexibility index (Phi) is 7.91. The molecule has 0 fully saturated rings. The smallest absolute Gasteiger partial charge is 0.144 e. The molecule has 66 heavy (non-hydrogen) atoms. The first-order valence-corrected chi connectivity index (χ1v) is 22.5. The molecule has 10 aromatic carbocycles. The first-order chi connectivity index (χ1) is 32.7. The average molecular weight is 843 g/mol. The van der Waals surface area contributed by atoms with E-state index >= 15 is 0 Å². The summed E-state index contributed by atoms with van der Waals surface area (Å²) >= 11 is 0. The largest absolute Gasteiger partial charge is 0.455 e. The Morgan fingerprint density at radius 3 is 1.45 bits per heavy atom. The third kappa shape index (κ3) is 5.44. The highest BCUT2D eigenvalue weighted by atomic mass is 16.3. The van der Waals surface area contributed by atoms with Gasteiger partial charge in [-0.1, -0.05) is 127 Å². The van der Waals surface area contributed by atoms with Crippen molar-refractivity contribution < 1.29 is 4.42 Å². The van der Waals surface area contributed by atoms with E-state index in [2.05, 4.69) is 232 Å². The van der Waals surface area contributed by atoms with Gasteiger partial charge in [0.1, 0.15) is 11.2 Å². The monoisotopic (exact) mass is 842 g/mol. The summed E-state index contributed by atoms with van der Waals surface area (Å²) in [5, 5.41) is 10.3. The summed E-state index contributed by atoms with van der Waals surface area (Å²) < 4.78 is 11.4. The highest BCUT2D eigenvalue weighted by Crippen LogP contribution is 2.45. The molecule has 0 bridgehead atoms. The van der Waals surface area contributed by atoms with E-state index < -0.39 is 0 Å². The molecule has 14 rings (SSSR count). The Morgan fingerprint density at radius 2 is 0.833 bits per heavy atom. The molecule has 0 aliphatic heterocycles. The van der Waals surface area contributed by atoms with Crippen molar-refractivity contribution in [1.82, 2.24) is 14.1 Å². The zero-order valence-electron chi connectivity index (χ0n) is 35.6. The minimum Gasteiger partial charge on any atom is -0.455 e. The summed E-state index contributed by atoms with van der Waals surface area (Å²) in [6.07, 6.45) is 0. The van der Waals surface area contributed by atoms with Gasteiger partial charge < -0.3 is 18.5 Å². The molecule has 5 heteroatoms. The lowest BCUT2D eigenvalue weighted by molar-refractivity contribution is 0.673. The van der Waals surface area contributed by atoms with E-state index in [1.807, 2.05) is 12.1 Å². The van der Waals surface area contributed by atoms with Crippen LogP contribution in [-0.4, -0.2) is 14.1 Å². The highest BCUT2D eigenvalue weighted by molar-refractivity contribution is 6.24. The topological polar surface area (TPSA) is 39.1 Å². The van der Waals surface area contributed by atoms with E-state index in [1.165, 1.54) is 32.6 Å². The summed E-state index contributed by atoms with van der Waals surface area (Å²) in [6.45, 7) is 0. The van der Waals surface area contributed by atoms with Crippen LogP contribution in [0.25, 0.3) is 110 Å². The van der Waals surface area contributed by atoms with Crippen LogP contribution in [-0.2, 0) is 0 Å². The molecule has 0 aliphatic carbocycles. The van der Waals surface area contributed by atoms with Crippen molar-refractivity contribution >= 4 is 104 Å². The molecule has 308 valence electrons. The maximum atomic E-state index is 6.64. The fraction of sp³-hybridized carbons (Fsp3) is 0. The molecule has 0 N–H and O–H groups in total. The van der Waals surface area contributed by atoms with Gasteiger partial charge >= 0.3 is 0 Å². The van der Waals surface area contributed by atoms with Crippen LogP contribution in [0.3, 0.4) is 0 Å². The molecule has 0 atom stereocenters. The number of fused-ring (bicyclic) bond motifs is 13. The zero-order valence-corrected chi connectivity index (χ0v) is 35.6. The van der Waals surface area contributed by atoms with Gasteiger partial charge in [0.05, 0.1) is 33.3 Å². The van der Waals surface area contributed by atoms with Crippen molar-refractivity contribution in [1.29, 1.82) is 0 Å². The van der Waals surface area contributed by atoms with Crippen LogP contribution in [0.15, 0.2) is 235 Å². The molecular weight excluding hydrogens is 805 g/mol. The van der Waals surface area contributed by atoms with Crippen LogP contribution in [0, 0.1) is 0 Å². The molecule has 0 aliphatic rings. The van der Waals surface area contributed by atoms with Gasteiger partial charge in [-0.3, -0.25) is 0 Å². The van der Waals surface area contributed by atoms with Crippen molar-refractivity contribution in [3.05, 3.63) is 231 Å². The molecule has 0 spiro atoms. The lowest BCUT2D eigenvalue weighted by Gasteiger charge is -2.26. The minimum atomic E-state index is 0.887. The van der Waals surface area contributed by atoms with Gasteiger partial charge in [-0.2, -0.15) is 0 Å². The minimum absolute atomic E-state index is 0.887. The number of pyridine rings is 1. The normalized spacial score (nSPS) is 11.9. The quantitative estimate of drug-likeness (QED) is 0.157. The van der Waals surface area contributed by atoms with Gasteiger partial charge in [-0.15, -0.1) is 0 Å². The molecule has 14 aromatic rings. The van der Waals surface area contributed by atoms with E-state index in [0.717, 1.165) is 94.3 Å². The molecule has 0 unspecified atom stereocenters. The number of nitrogens with zero attached hydrogens (tertiary/aromatic N) is 4. The van der Waals surface area contributed by atoms with Crippen LogP contribution >= 0.6 is 0 Å². The summed E-state index contributed by atoms with van der Waals surface area (Å²) in [7, 11) is 0. The van der Waals surface area contributed by atoms with Crippen molar-refractivity contribution in [2.24, 2.45) is 0 Å². The molecule has 0 amide bonds. The molecule has 0 saturated carbocycles. The summed E-state index contributed by atoms with van der Waals surface area (Å²) in [6, 6.07) is 82.6. The second-order valence-corrected chi connectivity index (χ2v) is 17.1. The zero-order chi connectivity index (χ0) is 43.3. The molecule has 0 radical (unpaired) electrons. The van der Waals surface area contributed by atoms with E-state index in [9.17, 15) is 0 Å². The average Bonchev–Trinajstić information content (AvgIpc) is 4.04. The lowest BCUT2D eigenvalue weighted by atomic mass is 9.97. The Morgan fingerprint density at radius 1 is 0.348 bits per heavy atom. The van der Waals surface area contributed by atoms with Gasteiger partial charge in [-0.05, 0) is 103 Å². The number of hydrogen-bond acceptors (Lipinski definition) is 3. The highest BCUT2D eigenvalue weighted by Gasteiger charge is 2.22. The number of anilines is 3. The van der Waals surface area contributed by atoms with Crippen LogP contribution < -0.4 is 4.90 Å². The summed E-state index contributed by atoms with van der Waals surface area (Å²) in [5.74, 6) is 0. The fourth-order valence-corrected chi connectivity index (χ4v) is 10.6. The SMILES string of the molecule is c1ccc(-n2c3ccccc3c3cc(N(c4ccc(-c5nc6ccccc6c6c5ccc5c7ccccc7oc56)cc4)c4ccc5c(c4)c4ccccc4n5-c4ccccc4)ccc32)cc1. The van der Waals surface area contributed by atoms with Gasteiger partial charge in [-0.25, -0.2) is 4.98 Å². The van der Waals surface area contributed by atoms with Gasteiger partial charge in [0.25, 0.3) is 0 Å². The van der Waals surface area contributed by atoms with Crippen LogP contribution in [0.5, 0.6) is 0 Å². The van der Waals surface area contributed by atoms with E-state index in [-0.39, 0.29) is 0 Å². The Labute approximate surface area is 379 Å². The van der Waals surface area contributed by atoms with Crippen molar-refractivity contribution in [3.8, 4) is 22.6 Å². The van der Waals surface area contributed by atoms with Crippen LogP contribution in [0.4, 0.5) is 17.1 Å². The molecule has 4 heterocycles. The van der Waals surface area contributed by atoms with E-state index in [0.29, 0.717) is 0 Å². The van der Waals surface area contributed by atoms with Crippen molar-refractivity contribution in [3.63, 3.8) is 0 Å². The number of para-hydroxylation sites is 6. The van der Waals surface area contributed by atoms with Gasteiger partial charge in [0.2, 0.25) is 0 Å². The van der Waals surface area contributed by atoms with E-state index in [4.69, 9.17) is 9.40 Å². The van der Waals surface area contributed by atoms with Crippen molar-refractivity contribution in [2.45, 2.75) is 0 Å². The lowest BCUT2D eigenvalue weighted by Crippen LogP contribution is -2.10. The molecule has 4 aromatic heterocycles. The molecule has 0 saturated heterocycles. The predicted molar refractivity (Wildman–Crippen MR) is 275 cm³/mol.